The molecule has 26 heavy (non-hydrogen) atoms. The minimum Gasteiger partial charge on any atom is -0.480 e. The van der Waals surface area contributed by atoms with Gasteiger partial charge in [0.2, 0.25) is 17.7 Å². The fraction of sp³-hybridized carbons (Fsp3) is 0.750. The summed E-state index contributed by atoms with van der Waals surface area (Å²) in [7, 11) is 0. The van der Waals surface area contributed by atoms with Gasteiger partial charge in [0.15, 0.2) is 0 Å². The molecule has 1 aliphatic rings. The highest BCUT2D eigenvalue weighted by Crippen LogP contribution is 2.18. The molecule has 0 radical (unpaired) electrons. The van der Waals surface area contributed by atoms with Crippen molar-refractivity contribution in [3.63, 3.8) is 0 Å². The minimum absolute atomic E-state index is 0.286. The van der Waals surface area contributed by atoms with Crippen LogP contribution in [0.25, 0.3) is 0 Å². The van der Waals surface area contributed by atoms with E-state index in [1.807, 2.05) is 0 Å². The number of carboxylic acids is 1. The molecule has 3 amide bonds. The van der Waals surface area contributed by atoms with Crippen molar-refractivity contribution in [1.82, 2.24) is 15.5 Å². The number of likely N-dealkylation sites (tertiary alicyclic amines) is 1. The number of hydrogen-bond donors (Lipinski definition) is 5. The molecular weight excluding hydrogens is 344 g/mol. The molecule has 0 saturated carbocycles. The molecule has 0 aromatic heterocycles. The van der Waals surface area contributed by atoms with Gasteiger partial charge in [0.05, 0.1) is 6.61 Å². The first-order chi connectivity index (χ1) is 12.1. The third-order valence-corrected chi connectivity index (χ3v) is 4.33. The largest absolute Gasteiger partial charge is 0.480 e. The third kappa shape index (κ3) is 5.40. The summed E-state index contributed by atoms with van der Waals surface area (Å²) in [6, 6.07) is -3.91. The number of carbonyl (C=O) groups is 4. The first-order valence-corrected chi connectivity index (χ1v) is 8.60. The van der Waals surface area contributed by atoms with Crippen molar-refractivity contribution in [3.05, 3.63) is 0 Å². The quantitative estimate of drug-likeness (QED) is 0.330. The molecule has 1 heterocycles. The van der Waals surface area contributed by atoms with Crippen LogP contribution in [0.15, 0.2) is 0 Å². The van der Waals surface area contributed by atoms with Crippen LogP contribution in [0.5, 0.6) is 0 Å². The average molecular weight is 372 g/mol. The van der Waals surface area contributed by atoms with Gasteiger partial charge < -0.3 is 31.5 Å². The molecule has 0 bridgehead atoms. The normalized spacial score (nSPS) is 20.4. The maximum absolute atomic E-state index is 12.5. The van der Waals surface area contributed by atoms with E-state index in [9.17, 15) is 24.3 Å². The Morgan fingerprint density at radius 3 is 2.27 bits per heavy atom. The zero-order valence-electron chi connectivity index (χ0n) is 15.3. The predicted octanol–water partition coefficient (Wildman–Crippen LogP) is -1.97. The van der Waals surface area contributed by atoms with Gasteiger partial charge in [-0.3, -0.25) is 14.4 Å². The lowest BCUT2D eigenvalue weighted by Gasteiger charge is -2.28. The van der Waals surface area contributed by atoms with Crippen LogP contribution in [0.4, 0.5) is 0 Å². The highest BCUT2D eigenvalue weighted by Gasteiger charge is 2.37. The van der Waals surface area contributed by atoms with Gasteiger partial charge in [-0.15, -0.1) is 0 Å². The van der Waals surface area contributed by atoms with Gasteiger partial charge in [-0.05, 0) is 25.7 Å². The zero-order chi connectivity index (χ0) is 20.0. The summed E-state index contributed by atoms with van der Waals surface area (Å²) in [5.74, 6) is -3.09. The number of aliphatic hydroxyl groups excluding tert-OH is 1. The second-order valence-electron chi connectivity index (χ2n) is 6.78. The van der Waals surface area contributed by atoms with Crippen LogP contribution < -0.4 is 16.4 Å². The molecule has 6 N–H and O–H groups in total. The first-order valence-electron chi connectivity index (χ1n) is 8.60. The van der Waals surface area contributed by atoms with Gasteiger partial charge >= 0.3 is 5.97 Å². The third-order valence-electron chi connectivity index (χ3n) is 4.33. The number of hydrogen-bond acceptors (Lipinski definition) is 6. The molecule has 0 aromatic carbocycles. The molecule has 0 spiro atoms. The molecule has 1 rings (SSSR count). The number of aliphatic carboxylic acids is 1. The highest BCUT2D eigenvalue weighted by molar-refractivity contribution is 5.94. The van der Waals surface area contributed by atoms with Crippen LogP contribution in [0.1, 0.15) is 33.6 Å². The molecule has 4 unspecified atom stereocenters. The van der Waals surface area contributed by atoms with Crippen molar-refractivity contribution in [2.24, 2.45) is 11.7 Å². The van der Waals surface area contributed by atoms with E-state index in [1.54, 1.807) is 13.8 Å². The van der Waals surface area contributed by atoms with E-state index in [0.29, 0.717) is 19.4 Å². The summed E-state index contributed by atoms with van der Waals surface area (Å²) in [4.78, 5) is 49.2. The average Bonchev–Trinajstić information content (AvgIpc) is 3.07. The maximum atomic E-state index is 12.5. The van der Waals surface area contributed by atoms with Gasteiger partial charge in [0.1, 0.15) is 24.2 Å². The number of amides is 3. The molecule has 0 aliphatic carbocycles. The van der Waals surface area contributed by atoms with Gasteiger partial charge in [-0.25, -0.2) is 4.79 Å². The summed E-state index contributed by atoms with van der Waals surface area (Å²) >= 11 is 0. The van der Waals surface area contributed by atoms with Gasteiger partial charge in [-0.1, -0.05) is 13.8 Å². The lowest BCUT2D eigenvalue weighted by Crippen LogP contribution is -2.58. The fourth-order valence-electron chi connectivity index (χ4n) is 2.78. The van der Waals surface area contributed by atoms with Crippen molar-refractivity contribution in [1.29, 1.82) is 0 Å². The van der Waals surface area contributed by atoms with E-state index in [2.05, 4.69) is 10.6 Å². The fourth-order valence-corrected chi connectivity index (χ4v) is 2.78. The smallest absolute Gasteiger partial charge is 0.326 e. The molecule has 1 saturated heterocycles. The molecular formula is C16H28N4O6. The number of nitrogens with one attached hydrogen (secondary N) is 2. The van der Waals surface area contributed by atoms with Crippen LogP contribution in [-0.4, -0.2) is 76.1 Å². The Balaban J connectivity index is 2.74. The minimum atomic E-state index is -1.15. The summed E-state index contributed by atoms with van der Waals surface area (Å²) in [5.41, 5.74) is 5.43. The van der Waals surface area contributed by atoms with Gasteiger partial charge in [-0.2, -0.15) is 0 Å². The molecule has 1 aliphatic heterocycles. The number of rotatable bonds is 8. The number of aliphatic hydroxyl groups is 1. The van der Waals surface area contributed by atoms with Crippen LogP contribution in [0.2, 0.25) is 0 Å². The predicted molar refractivity (Wildman–Crippen MR) is 91.8 cm³/mol. The van der Waals surface area contributed by atoms with Crippen LogP contribution in [0.3, 0.4) is 0 Å². The summed E-state index contributed by atoms with van der Waals surface area (Å²) in [5, 5.41) is 23.1. The standard InChI is InChI=1S/C16H28N4O6/c1-8(2)12(19-13(22)10(17)7-21)14(23)18-9(3)15(24)20-6-4-5-11(20)16(25)26/h8-12,21H,4-7,17H2,1-3H3,(H,18,23)(H,19,22)(H,25,26). The molecule has 0 aromatic rings. The van der Waals surface area contributed by atoms with E-state index < -0.39 is 54.5 Å². The highest BCUT2D eigenvalue weighted by atomic mass is 16.4. The lowest BCUT2D eigenvalue weighted by molar-refractivity contribution is -0.149. The second kappa shape index (κ2) is 9.48. The topological polar surface area (TPSA) is 162 Å². The Labute approximate surface area is 152 Å². The lowest BCUT2D eigenvalue weighted by atomic mass is 10.0. The van der Waals surface area contributed by atoms with Crippen molar-refractivity contribution in [2.75, 3.05) is 13.2 Å². The molecule has 1 fully saturated rings. The van der Waals surface area contributed by atoms with Crippen LogP contribution >= 0.6 is 0 Å². The molecule has 148 valence electrons. The molecule has 10 nitrogen and oxygen atoms in total. The van der Waals surface area contributed by atoms with Gasteiger partial charge in [0, 0.05) is 6.54 Å². The van der Waals surface area contributed by atoms with E-state index in [0.717, 1.165) is 0 Å². The van der Waals surface area contributed by atoms with Crippen molar-refractivity contribution in [3.8, 4) is 0 Å². The van der Waals surface area contributed by atoms with E-state index in [4.69, 9.17) is 10.8 Å². The van der Waals surface area contributed by atoms with E-state index in [1.165, 1.54) is 11.8 Å². The maximum Gasteiger partial charge on any atom is 0.326 e. The Morgan fingerprint density at radius 1 is 1.15 bits per heavy atom. The molecule has 10 heteroatoms. The number of nitrogens with two attached hydrogens (primary N) is 1. The Hall–Kier alpha value is -2.20. The van der Waals surface area contributed by atoms with Crippen LogP contribution in [-0.2, 0) is 19.2 Å². The molecule has 4 atom stereocenters. The second-order valence-corrected chi connectivity index (χ2v) is 6.78. The summed E-state index contributed by atoms with van der Waals surface area (Å²) < 4.78 is 0. The Bertz CT molecular complexity index is 553. The summed E-state index contributed by atoms with van der Waals surface area (Å²) in [6.07, 6.45) is 0.971. The van der Waals surface area contributed by atoms with Crippen LogP contribution in [0, 0.1) is 5.92 Å². The first kappa shape index (κ1) is 21.8. The Kier molecular flexibility index (Phi) is 7.97. The number of carbonyl (C=O) groups excluding carboxylic acids is 3. The van der Waals surface area contributed by atoms with E-state index >= 15 is 0 Å². The zero-order valence-corrected chi connectivity index (χ0v) is 15.3. The van der Waals surface area contributed by atoms with Crippen molar-refractivity contribution >= 4 is 23.7 Å². The Morgan fingerprint density at radius 2 is 1.77 bits per heavy atom. The van der Waals surface area contributed by atoms with E-state index in [-0.39, 0.29) is 5.92 Å². The number of nitrogens with zero attached hydrogens (tertiary/aromatic N) is 1. The van der Waals surface area contributed by atoms with Crippen molar-refractivity contribution < 1.29 is 29.4 Å². The van der Waals surface area contributed by atoms with Gasteiger partial charge in [0.25, 0.3) is 0 Å². The monoisotopic (exact) mass is 372 g/mol. The summed E-state index contributed by atoms with van der Waals surface area (Å²) in [6.45, 7) is 4.66. The number of carboxylic acid groups (broad SMARTS) is 1. The SMILES string of the molecule is CC(NC(=O)C(NC(=O)C(N)CO)C(C)C)C(=O)N1CCCC1C(=O)O. The van der Waals surface area contributed by atoms with Crippen molar-refractivity contribution in [2.45, 2.75) is 57.8 Å².